The first-order valence-electron chi connectivity index (χ1n) is 7.35. The molecule has 0 spiro atoms. The van der Waals surface area contributed by atoms with Crippen molar-refractivity contribution in [3.63, 3.8) is 0 Å². The summed E-state index contributed by atoms with van der Waals surface area (Å²) in [5.41, 5.74) is 1.25. The number of benzene rings is 1. The van der Waals surface area contributed by atoms with E-state index in [1.807, 2.05) is 12.1 Å². The second kappa shape index (κ2) is 8.25. The summed E-state index contributed by atoms with van der Waals surface area (Å²) in [6, 6.07) is 8.22. The first kappa shape index (κ1) is 15.3. The van der Waals surface area contributed by atoms with Crippen molar-refractivity contribution in [3.05, 3.63) is 29.8 Å². The predicted octanol–water partition coefficient (Wildman–Crippen LogP) is 2.37. The third-order valence-corrected chi connectivity index (χ3v) is 3.49. The van der Waals surface area contributed by atoms with Gasteiger partial charge in [-0.15, -0.1) is 0 Å². The van der Waals surface area contributed by atoms with Crippen LogP contribution in [-0.4, -0.2) is 39.1 Å². The molecule has 20 heavy (non-hydrogen) atoms. The van der Waals surface area contributed by atoms with Gasteiger partial charge in [0.15, 0.2) is 0 Å². The van der Waals surface area contributed by atoms with Crippen LogP contribution in [0.2, 0.25) is 0 Å². The Morgan fingerprint density at radius 2 is 2.05 bits per heavy atom. The monoisotopic (exact) mass is 279 g/mol. The fourth-order valence-electron chi connectivity index (χ4n) is 2.31. The summed E-state index contributed by atoms with van der Waals surface area (Å²) in [6.07, 6.45) is 2.87. The van der Waals surface area contributed by atoms with E-state index in [9.17, 15) is 0 Å². The van der Waals surface area contributed by atoms with Gasteiger partial charge in [0, 0.05) is 20.2 Å². The third kappa shape index (κ3) is 5.12. The maximum atomic E-state index is 5.77. The first-order chi connectivity index (χ1) is 9.78. The summed E-state index contributed by atoms with van der Waals surface area (Å²) < 4.78 is 16.5. The quantitative estimate of drug-likeness (QED) is 0.742. The Balaban J connectivity index is 1.68. The minimum Gasteiger partial charge on any atom is -0.491 e. The van der Waals surface area contributed by atoms with Gasteiger partial charge in [0.2, 0.25) is 0 Å². The lowest BCUT2D eigenvalue weighted by atomic mass is 10.2. The van der Waals surface area contributed by atoms with E-state index in [-0.39, 0.29) is 6.10 Å². The van der Waals surface area contributed by atoms with Gasteiger partial charge < -0.3 is 19.5 Å². The van der Waals surface area contributed by atoms with Gasteiger partial charge in [0.1, 0.15) is 12.4 Å². The Hall–Kier alpha value is -1.10. The van der Waals surface area contributed by atoms with Crippen molar-refractivity contribution in [2.75, 3.05) is 26.9 Å². The second-order valence-corrected chi connectivity index (χ2v) is 5.27. The van der Waals surface area contributed by atoms with Gasteiger partial charge in [-0.3, -0.25) is 0 Å². The molecule has 0 saturated carbocycles. The van der Waals surface area contributed by atoms with Crippen LogP contribution in [0.1, 0.15) is 25.3 Å². The average molecular weight is 279 g/mol. The topological polar surface area (TPSA) is 39.7 Å². The molecule has 2 unspecified atom stereocenters. The number of nitrogens with one attached hydrogen (secondary N) is 1. The van der Waals surface area contributed by atoms with E-state index in [1.54, 1.807) is 7.11 Å². The van der Waals surface area contributed by atoms with E-state index >= 15 is 0 Å². The van der Waals surface area contributed by atoms with Crippen LogP contribution in [0, 0.1) is 0 Å². The van der Waals surface area contributed by atoms with Gasteiger partial charge in [-0.05, 0) is 37.5 Å². The Morgan fingerprint density at radius 1 is 1.25 bits per heavy atom. The molecule has 0 bridgehead atoms. The summed E-state index contributed by atoms with van der Waals surface area (Å²) in [4.78, 5) is 0. The van der Waals surface area contributed by atoms with Crippen LogP contribution in [0.3, 0.4) is 0 Å². The summed E-state index contributed by atoms with van der Waals surface area (Å²) in [7, 11) is 1.71. The molecule has 1 saturated heterocycles. The van der Waals surface area contributed by atoms with E-state index in [4.69, 9.17) is 14.2 Å². The Labute approximate surface area is 121 Å². The van der Waals surface area contributed by atoms with Crippen molar-refractivity contribution < 1.29 is 14.2 Å². The zero-order valence-electron chi connectivity index (χ0n) is 12.4. The number of hydrogen-bond donors (Lipinski definition) is 1. The molecule has 1 fully saturated rings. The molecule has 1 aliphatic heterocycles. The highest BCUT2D eigenvalue weighted by atomic mass is 16.5. The zero-order valence-corrected chi connectivity index (χ0v) is 12.4. The molecule has 1 aromatic carbocycles. The lowest BCUT2D eigenvalue weighted by molar-refractivity contribution is 0.0264. The maximum absolute atomic E-state index is 5.77. The second-order valence-electron chi connectivity index (χ2n) is 5.27. The van der Waals surface area contributed by atoms with Crippen molar-refractivity contribution in [2.45, 2.75) is 38.5 Å². The maximum Gasteiger partial charge on any atom is 0.119 e. The molecule has 0 amide bonds. The Bertz CT molecular complexity index is 380. The van der Waals surface area contributed by atoms with E-state index in [2.05, 4.69) is 24.4 Å². The highest BCUT2D eigenvalue weighted by molar-refractivity contribution is 5.27. The number of rotatable bonds is 8. The lowest BCUT2D eigenvalue weighted by Gasteiger charge is -2.13. The summed E-state index contributed by atoms with van der Waals surface area (Å²) >= 11 is 0. The molecule has 2 atom stereocenters. The van der Waals surface area contributed by atoms with Crippen molar-refractivity contribution in [2.24, 2.45) is 0 Å². The fourth-order valence-corrected chi connectivity index (χ4v) is 2.31. The van der Waals surface area contributed by atoms with Crippen LogP contribution in [0.5, 0.6) is 5.75 Å². The molecule has 4 heteroatoms. The molecule has 2 rings (SSSR count). The number of ether oxygens (including phenoxy) is 3. The van der Waals surface area contributed by atoms with E-state index in [0.717, 1.165) is 38.3 Å². The average Bonchev–Trinajstić information content (AvgIpc) is 2.88. The molecule has 0 aliphatic carbocycles. The van der Waals surface area contributed by atoms with Crippen LogP contribution in [0.25, 0.3) is 0 Å². The summed E-state index contributed by atoms with van der Waals surface area (Å²) in [5.74, 6) is 0.911. The third-order valence-electron chi connectivity index (χ3n) is 3.49. The molecule has 1 heterocycles. The molecule has 1 N–H and O–H groups in total. The summed E-state index contributed by atoms with van der Waals surface area (Å²) in [6.45, 7) is 5.22. The van der Waals surface area contributed by atoms with E-state index in [1.165, 1.54) is 5.56 Å². The molecule has 0 aromatic heterocycles. The normalized spacial score (nSPS) is 22.1. The van der Waals surface area contributed by atoms with Crippen molar-refractivity contribution in [1.82, 2.24) is 5.32 Å². The molecule has 1 aliphatic rings. The molecule has 0 radical (unpaired) electrons. The zero-order chi connectivity index (χ0) is 14.2. The standard InChI is InChI=1S/C16H25NO3/c1-13-3-6-16(20-13)12-19-15-7-4-14(5-8-15)11-17-9-10-18-2/h4-5,7-8,13,16-17H,3,6,9-12H2,1-2H3. The largest absolute Gasteiger partial charge is 0.491 e. The Kier molecular flexibility index (Phi) is 6.30. The van der Waals surface area contributed by atoms with Crippen molar-refractivity contribution in [1.29, 1.82) is 0 Å². The summed E-state index contributed by atoms with van der Waals surface area (Å²) in [5, 5.41) is 3.32. The lowest BCUT2D eigenvalue weighted by Crippen LogP contribution is -2.19. The van der Waals surface area contributed by atoms with Crippen LogP contribution >= 0.6 is 0 Å². The number of methoxy groups -OCH3 is 1. The molecule has 112 valence electrons. The highest BCUT2D eigenvalue weighted by Gasteiger charge is 2.22. The van der Waals surface area contributed by atoms with Crippen LogP contribution < -0.4 is 10.1 Å². The van der Waals surface area contributed by atoms with Gasteiger partial charge >= 0.3 is 0 Å². The van der Waals surface area contributed by atoms with Gasteiger partial charge in [0.05, 0.1) is 18.8 Å². The van der Waals surface area contributed by atoms with Crippen LogP contribution in [-0.2, 0) is 16.0 Å². The molecular weight excluding hydrogens is 254 g/mol. The van der Waals surface area contributed by atoms with Crippen LogP contribution in [0.15, 0.2) is 24.3 Å². The van der Waals surface area contributed by atoms with E-state index in [0.29, 0.717) is 12.7 Å². The SMILES string of the molecule is COCCNCc1ccc(OCC2CCC(C)O2)cc1. The minimum atomic E-state index is 0.250. The van der Waals surface area contributed by atoms with Gasteiger partial charge in [-0.25, -0.2) is 0 Å². The molecular formula is C16H25NO3. The molecule has 1 aromatic rings. The van der Waals surface area contributed by atoms with Crippen molar-refractivity contribution in [3.8, 4) is 5.75 Å². The van der Waals surface area contributed by atoms with Gasteiger partial charge in [-0.1, -0.05) is 12.1 Å². The van der Waals surface area contributed by atoms with Gasteiger partial charge in [-0.2, -0.15) is 0 Å². The van der Waals surface area contributed by atoms with E-state index < -0.39 is 0 Å². The Morgan fingerprint density at radius 3 is 2.70 bits per heavy atom. The highest BCUT2D eigenvalue weighted by Crippen LogP contribution is 2.20. The van der Waals surface area contributed by atoms with Crippen molar-refractivity contribution >= 4 is 0 Å². The number of hydrogen-bond acceptors (Lipinski definition) is 4. The van der Waals surface area contributed by atoms with Crippen LogP contribution in [0.4, 0.5) is 0 Å². The smallest absolute Gasteiger partial charge is 0.119 e. The first-order valence-corrected chi connectivity index (χ1v) is 7.35. The fraction of sp³-hybridized carbons (Fsp3) is 0.625. The molecule has 4 nitrogen and oxygen atoms in total. The predicted molar refractivity (Wildman–Crippen MR) is 79.1 cm³/mol. The van der Waals surface area contributed by atoms with Gasteiger partial charge in [0.25, 0.3) is 0 Å². The minimum absolute atomic E-state index is 0.250.